The Kier molecular flexibility index (Phi) is 9.66. The second-order valence-electron chi connectivity index (χ2n) is 10.9. The van der Waals surface area contributed by atoms with E-state index in [4.69, 9.17) is 5.26 Å². The first-order chi connectivity index (χ1) is 22.4. The average Bonchev–Trinajstić information content (AvgIpc) is 3.00. The molecule has 0 unspecified atom stereocenters. The van der Waals surface area contributed by atoms with Crippen LogP contribution in [0.3, 0.4) is 0 Å². The molecule has 0 N–H and O–H groups in total. The van der Waals surface area contributed by atoms with Crippen molar-refractivity contribution in [3.05, 3.63) is 137 Å². The van der Waals surface area contributed by atoms with Crippen molar-refractivity contribution in [3.8, 4) is 45.2 Å². The number of benzene rings is 5. The van der Waals surface area contributed by atoms with Gasteiger partial charge in [0.05, 0.1) is 0 Å². The lowest BCUT2D eigenvalue weighted by Crippen LogP contribution is -2.25. The molecule has 2 nitrogen and oxygen atoms in total. The van der Waals surface area contributed by atoms with E-state index in [-0.39, 0.29) is 16.7 Å². The monoisotopic (exact) mass is 651 g/mol. The normalized spacial score (nSPS) is 11.4. The molecule has 10 heteroatoms. The largest absolute Gasteiger partial charge is 0.432 e. The van der Waals surface area contributed by atoms with Crippen molar-refractivity contribution < 1.29 is 39.9 Å². The van der Waals surface area contributed by atoms with Gasteiger partial charge in [-0.05, 0) is 83.1 Å². The number of hydrogen-bond donors (Lipinski definition) is 0. The maximum absolute atomic E-state index is 15.2. The predicted octanol–water partition coefficient (Wildman–Crippen LogP) is 11.3. The number of aryl methyl sites for hydroxylation is 1. The molecular weight excluding hydrogens is 626 g/mol. The van der Waals surface area contributed by atoms with Crippen molar-refractivity contribution in [2.24, 2.45) is 0 Å². The first kappa shape index (κ1) is 33.2. The molecule has 0 bridgehead atoms. The summed E-state index contributed by atoms with van der Waals surface area (Å²) in [6.07, 6.45) is -0.455. The number of ether oxygens (including phenoxy) is 1. The Balaban J connectivity index is 1.36. The average molecular weight is 652 g/mol. The smallest absolute Gasteiger partial charge is 0.429 e. The number of nitriles is 1. The number of unbranched alkanes of at least 4 members (excludes halogenated alkanes) is 2. The first-order valence-electron chi connectivity index (χ1n) is 14.6. The van der Waals surface area contributed by atoms with Gasteiger partial charge in [-0.1, -0.05) is 56.2 Å². The lowest BCUT2D eigenvalue weighted by molar-refractivity contribution is -0.189. The van der Waals surface area contributed by atoms with Gasteiger partial charge in [-0.2, -0.15) is 14.0 Å². The summed E-state index contributed by atoms with van der Waals surface area (Å²) in [6, 6.07) is 17.5. The van der Waals surface area contributed by atoms with Crippen molar-refractivity contribution >= 4 is 0 Å². The summed E-state index contributed by atoms with van der Waals surface area (Å²) < 4.78 is 123. The molecule has 0 aliphatic heterocycles. The molecule has 240 valence electrons. The quantitative estimate of drug-likeness (QED) is 0.111. The van der Waals surface area contributed by atoms with E-state index in [9.17, 15) is 13.2 Å². The highest BCUT2D eigenvalue weighted by Gasteiger charge is 2.41. The summed E-state index contributed by atoms with van der Waals surface area (Å²) in [5, 5.41) is 8.80. The van der Waals surface area contributed by atoms with E-state index in [1.165, 1.54) is 18.2 Å². The number of nitrogens with zero attached hydrogens (tertiary/aromatic N) is 1. The number of rotatable bonds is 10. The van der Waals surface area contributed by atoms with Crippen LogP contribution in [0.5, 0.6) is 5.75 Å². The molecule has 5 aromatic rings. The highest BCUT2D eigenvalue weighted by atomic mass is 19.3. The minimum absolute atomic E-state index is 0.230. The standard InChI is InChI=1S/C37H25F8NO/c1-2-3-4-5-21-6-8-22(9-7-21)23-10-12-27(30(38)14-23)25-17-34(42)36(35(43)18-25)37(44,45)47-26-11-13-28(33(41)19-26)24-15-31(39)29(20-46)32(40)16-24/h6-19H,2-5H2,1H3. The Bertz CT molecular complexity index is 1940. The topological polar surface area (TPSA) is 33.0 Å². The summed E-state index contributed by atoms with van der Waals surface area (Å²) in [4.78, 5) is 0. The third-order valence-electron chi connectivity index (χ3n) is 7.62. The Hall–Kier alpha value is -5.17. The molecule has 5 rings (SSSR count). The molecule has 0 saturated heterocycles. The van der Waals surface area contributed by atoms with Crippen LogP contribution in [0.1, 0.15) is 42.9 Å². The zero-order chi connectivity index (χ0) is 33.9. The first-order valence-corrected chi connectivity index (χ1v) is 14.6. The summed E-state index contributed by atoms with van der Waals surface area (Å²) in [5.41, 5.74) is -1.63. The van der Waals surface area contributed by atoms with Gasteiger partial charge in [0.15, 0.2) is 0 Å². The summed E-state index contributed by atoms with van der Waals surface area (Å²) in [5.74, 6) is -8.95. The molecule has 0 aliphatic rings. The molecule has 47 heavy (non-hydrogen) atoms. The second-order valence-corrected chi connectivity index (χ2v) is 10.9. The van der Waals surface area contributed by atoms with Gasteiger partial charge in [0.25, 0.3) is 0 Å². The summed E-state index contributed by atoms with van der Waals surface area (Å²) in [7, 11) is 0. The minimum atomic E-state index is -4.65. The molecule has 0 saturated carbocycles. The SMILES string of the molecule is CCCCCc1ccc(-c2ccc(-c3cc(F)c(C(F)(F)Oc4ccc(-c5cc(F)c(C#N)c(F)c5)c(F)c4)c(F)c3)c(F)c2)cc1. The molecule has 0 spiro atoms. The molecule has 0 aliphatic carbocycles. The van der Waals surface area contributed by atoms with Gasteiger partial charge in [0, 0.05) is 17.2 Å². The molecular formula is C37H25F8NO. The van der Waals surface area contributed by atoms with Crippen LogP contribution in [0.4, 0.5) is 35.1 Å². The molecule has 0 atom stereocenters. The highest BCUT2D eigenvalue weighted by molar-refractivity contribution is 5.72. The van der Waals surface area contributed by atoms with E-state index in [0.29, 0.717) is 35.9 Å². The zero-order valence-electron chi connectivity index (χ0n) is 24.8. The predicted molar refractivity (Wildman–Crippen MR) is 161 cm³/mol. The van der Waals surface area contributed by atoms with Crippen LogP contribution < -0.4 is 4.74 Å². The second kappa shape index (κ2) is 13.7. The van der Waals surface area contributed by atoms with Crippen LogP contribution in [-0.4, -0.2) is 0 Å². The van der Waals surface area contributed by atoms with Crippen LogP contribution >= 0.6 is 0 Å². The molecule has 5 aromatic carbocycles. The van der Waals surface area contributed by atoms with Crippen LogP contribution in [0.25, 0.3) is 33.4 Å². The zero-order valence-corrected chi connectivity index (χ0v) is 24.8. The fourth-order valence-corrected chi connectivity index (χ4v) is 5.21. The lowest BCUT2D eigenvalue weighted by Gasteiger charge is -2.20. The Morgan fingerprint density at radius 3 is 1.64 bits per heavy atom. The van der Waals surface area contributed by atoms with Crippen LogP contribution in [0, 0.1) is 46.2 Å². The van der Waals surface area contributed by atoms with E-state index >= 15 is 22.0 Å². The van der Waals surface area contributed by atoms with Gasteiger partial charge < -0.3 is 4.74 Å². The third kappa shape index (κ3) is 7.14. The maximum Gasteiger partial charge on any atom is 0.432 e. The maximum atomic E-state index is 15.2. The van der Waals surface area contributed by atoms with Gasteiger partial charge in [0.1, 0.15) is 57.8 Å². The Morgan fingerprint density at radius 2 is 1.11 bits per heavy atom. The van der Waals surface area contributed by atoms with E-state index in [1.807, 2.05) is 24.3 Å². The van der Waals surface area contributed by atoms with Crippen molar-refractivity contribution in [2.45, 2.75) is 38.7 Å². The number of halogens is 8. The highest BCUT2D eigenvalue weighted by Crippen LogP contribution is 2.39. The third-order valence-corrected chi connectivity index (χ3v) is 7.62. The van der Waals surface area contributed by atoms with E-state index in [0.717, 1.165) is 48.9 Å². The summed E-state index contributed by atoms with van der Waals surface area (Å²) in [6.45, 7) is 2.12. The molecule has 0 amide bonds. The lowest BCUT2D eigenvalue weighted by atomic mass is 9.97. The van der Waals surface area contributed by atoms with E-state index in [2.05, 4.69) is 11.7 Å². The van der Waals surface area contributed by atoms with Gasteiger partial charge in [-0.25, -0.2) is 26.3 Å². The van der Waals surface area contributed by atoms with Crippen LogP contribution in [0.15, 0.2) is 84.9 Å². The number of alkyl halides is 2. The molecule has 0 aromatic heterocycles. The van der Waals surface area contributed by atoms with Gasteiger partial charge >= 0.3 is 6.11 Å². The van der Waals surface area contributed by atoms with Crippen LogP contribution in [-0.2, 0) is 12.5 Å². The van der Waals surface area contributed by atoms with Gasteiger partial charge in [-0.15, -0.1) is 0 Å². The minimum Gasteiger partial charge on any atom is -0.429 e. The van der Waals surface area contributed by atoms with E-state index < -0.39 is 63.5 Å². The van der Waals surface area contributed by atoms with Gasteiger partial charge in [-0.3, -0.25) is 0 Å². The Labute approximate surface area is 265 Å². The Morgan fingerprint density at radius 1 is 0.596 bits per heavy atom. The van der Waals surface area contributed by atoms with Crippen molar-refractivity contribution in [2.75, 3.05) is 0 Å². The van der Waals surface area contributed by atoms with Crippen molar-refractivity contribution in [1.29, 1.82) is 5.26 Å². The molecule has 0 fully saturated rings. The van der Waals surface area contributed by atoms with E-state index in [1.54, 1.807) is 6.07 Å². The van der Waals surface area contributed by atoms with Gasteiger partial charge in [0.2, 0.25) is 0 Å². The van der Waals surface area contributed by atoms with Crippen LogP contribution in [0.2, 0.25) is 0 Å². The molecule has 0 heterocycles. The fourth-order valence-electron chi connectivity index (χ4n) is 5.21. The summed E-state index contributed by atoms with van der Waals surface area (Å²) >= 11 is 0. The number of hydrogen-bond acceptors (Lipinski definition) is 2. The fraction of sp³-hybridized carbons (Fsp3) is 0.162. The van der Waals surface area contributed by atoms with Crippen molar-refractivity contribution in [3.63, 3.8) is 0 Å². The van der Waals surface area contributed by atoms with Crippen molar-refractivity contribution in [1.82, 2.24) is 0 Å². The molecule has 0 radical (unpaired) electrons.